The number of para-hydroxylation sites is 1. The summed E-state index contributed by atoms with van der Waals surface area (Å²) in [6.45, 7) is 4.66. The van der Waals surface area contributed by atoms with Crippen LogP contribution in [0.15, 0.2) is 18.2 Å². The normalized spacial score (nSPS) is 9.89. The van der Waals surface area contributed by atoms with Crippen LogP contribution in [0.3, 0.4) is 0 Å². The summed E-state index contributed by atoms with van der Waals surface area (Å²) in [6, 6.07) is 5.73. The maximum absolute atomic E-state index is 11.2. The van der Waals surface area contributed by atoms with Crippen molar-refractivity contribution < 1.29 is 9.53 Å². The number of anilines is 1. The number of carbonyl (C=O) groups excluding carboxylic acids is 1. The monoisotopic (exact) mass is 266 g/mol. The molecule has 0 amide bonds. The van der Waals surface area contributed by atoms with E-state index in [1.165, 1.54) is 0 Å². The summed E-state index contributed by atoms with van der Waals surface area (Å²) in [7, 11) is 0. The molecular formula is C13H18N2O2S. The highest BCUT2D eigenvalue weighted by molar-refractivity contribution is 7.80. The Morgan fingerprint density at radius 3 is 2.83 bits per heavy atom. The van der Waals surface area contributed by atoms with E-state index in [1.807, 2.05) is 25.1 Å². The lowest BCUT2D eigenvalue weighted by Gasteiger charge is -2.13. The molecule has 1 aromatic rings. The van der Waals surface area contributed by atoms with E-state index in [0.717, 1.165) is 16.8 Å². The van der Waals surface area contributed by atoms with Gasteiger partial charge in [0.25, 0.3) is 0 Å². The maximum Gasteiger partial charge on any atom is 0.307 e. The topological polar surface area (TPSA) is 64.3 Å². The van der Waals surface area contributed by atoms with Gasteiger partial charge in [-0.1, -0.05) is 24.4 Å². The third-order valence-electron chi connectivity index (χ3n) is 2.47. The average Bonchev–Trinajstić information content (AvgIpc) is 2.31. The number of rotatable bonds is 6. The first-order chi connectivity index (χ1) is 8.56. The van der Waals surface area contributed by atoms with Crippen LogP contribution >= 0.6 is 12.2 Å². The van der Waals surface area contributed by atoms with Gasteiger partial charge in [0.2, 0.25) is 0 Å². The van der Waals surface area contributed by atoms with Crippen LogP contribution < -0.4 is 11.1 Å². The molecule has 98 valence electrons. The lowest BCUT2D eigenvalue weighted by molar-refractivity contribution is -0.142. The Balaban J connectivity index is 2.67. The van der Waals surface area contributed by atoms with E-state index in [-0.39, 0.29) is 5.97 Å². The number of nitrogens with one attached hydrogen (secondary N) is 1. The van der Waals surface area contributed by atoms with Gasteiger partial charge in [-0.3, -0.25) is 4.79 Å². The van der Waals surface area contributed by atoms with Gasteiger partial charge in [0.1, 0.15) is 4.99 Å². The van der Waals surface area contributed by atoms with Gasteiger partial charge in [-0.15, -0.1) is 0 Å². The number of ether oxygens (including phenoxy) is 1. The molecule has 0 radical (unpaired) electrons. The van der Waals surface area contributed by atoms with Gasteiger partial charge < -0.3 is 15.8 Å². The Morgan fingerprint density at radius 1 is 1.50 bits per heavy atom. The molecule has 0 aromatic heterocycles. The fourth-order valence-corrected chi connectivity index (χ4v) is 1.80. The maximum atomic E-state index is 11.2. The predicted octanol–water partition coefficient (Wildman–Crippen LogP) is 1.99. The van der Waals surface area contributed by atoms with Crippen molar-refractivity contribution in [1.82, 2.24) is 0 Å². The van der Waals surface area contributed by atoms with Crippen molar-refractivity contribution in [3.8, 4) is 0 Å². The van der Waals surface area contributed by atoms with E-state index in [0.29, 0.717) is 24.6 Å². The van der Waals surface area contributed by atoms with Crippen LogP contribution in [0.2, 0.25) is 0 Å². The molecule has 0 heterocycles. The second-order valence-corrected chi connectivity index (χ2v) is 4.28. The number of carbonyl (C=O) groups is 1. The Bertz CT molecular complexity index is 447. The Kier molecular flexibility index (Phi) is 5.58. The van der Waals surface area contributed by atoms with Crippen LogP contribution in [-0.4, -0.2) is 24.1 Å². The van der Waals surface area contributed by atoms with Gasteiger partial charge in [-0.25, -0.2) is 0 Å². The Morgan fingerprint density at radius 2 is 2.22 bits per heavy atom. The molecule has 4 nitrogen and oxygen atoms in total. The zero-order valence-corrected chi connectivity index (χ0v) is 11.5. The van der Waals surface area contributed by atoms with E-state index >= 15 is 0 Å². The van der Waals surface area contributed by atoms with Crippen LogP contribution in [0.1, 0.15) is 24.5 Å². The summed E-state index contributed by atoms with van der Waals surface area (Å²) in [5.41, 5.74) is 8.39. The first-order valence-corrected chi connectivity index (χ1v) is 6.26. The van der Waals surface area contributed by atoms with Gasteiger partial charge in [-0.05, 0) is 25.5 Å². The zero-order chi connectivity index (χ0) is 13.5. The lowest BCUT2D eigenvalue weighted by Crippen LogP contribution is -2.16. The number of esters is 1. The third kappa shape index (κ3) is 4.00. The molecule has 1 aromatic carbocycles. The first kappa shape index (κ1) is 14.4. The van der Waals surface area contributed by atoms with E-state index in [2.05, 4.69) is 5.32 Å². The Hall–Kier alpha value is -1.62. The van der Waals surface area contributed by atoms with Crippen molar-refractivity contribution in [2.75, 3.05) is 18.5 Å². The minimum Gasteiger partial charge on any atom is -0.466 e. The molecule has 0 aliphatic rings. The molecular weight excluding hydrogens is 248 g/mol. The summed E-state index contributed by atoms with van der Waals surface area (Å²) >= 11 is 5.00. The standard InChI is InChI=1S/C13H18N2O2S/c1-3-17-11(16)7-8-15-12-9(2)5-4-6-10(12)13(14)18/h4-6,15H,3,7-8H2,1-2H3,(H2,14,18). The molecule has 0 fully saturated rings. The number of hydrogen-bond acceptors (Lipinski definition) is 4. The molecule has 0 aliphatic carbocycles. The number of hydrogen-bond donors (Lipinski definition) is 2. The van der Waals surface area contributed by atoms with Gasteiger partial charge in [0.15, 0.2) is 0 Å². The van der Waals surface area contributed by atoms with Gasteiger partial charge >= 0.3 is 5.97 Å². The smallest absolute Gasteiger partial charge is 0.307 e. The summed E-state index contributed by atoms with van der Waals surface area (Å²) in [5.74, 6) is -0.213. The first-order valence-electron chi connectivity index (χ1n) is 5.85. The van der Waals surface area contributed by atoms with Crippen LogP contribution in [0.5, 0.6) is 0 Å². The fourth-order valence-electron chi connectivity index (χ4n) is 1.63. The molecule has 0 saturated carbocycles. The summed E-state index contributed by atoms with van der Waals surface area (Å²) in [5, 5.41) is 3.18. The van der Waals surface area contributed by atoms with E-state index in [1.54, 1.807) is 6.92 Å². The third-order valence-corrected chi connectivity index (χ3v) is 2.69. The highest BCUT2D eigenvalue weighted by atomic mass is 32.1. The molecule has 0 atom stereocenters. The molecule has 1 rings (SSSR count). The second kappa shape index (κ2) is 6.96. The van der Waals surface area contributed by atoms with Crippen molar-refractivity contribution in [2.45, 2.75) is 20.3 Å². The lowest BCUT2D eigenvalue weighted by atomic mass is 10.1. The van der Waals surface area contributed by atoms with Crippen LogP contribution in [-0.2, 0) is 9.53 Å². The van der Waals surface area contributed by atoms with Crippen molar-refractivity contribution in [3.05, 3.63) is 29.3 Å². The van der Waals surface area contributed by atoms with Crippen molar-refractivity contribution in [2.24, 2.45) is 5.73 Å². The van der Waals surface area contributed by atoms with Crippen LogP contribution in [0.4, 0.5) is 5.69 Å². The van der Waals surface area contributed by atoms with Crippen molar-refractivity contribution in [1.29, 1.82) is 0 Å². The molecule has 5 heteroatoms. The van der Waals surface area contributed by atoms with Crippen molar-refractivity contribution in [3.63, 3.8) is 0 Å². The number of aryl methyl sites for hydroxylation is 1. The molecule has 0 bridgehead atoms. The number of benzene rings is 1. The van der Waals surface area contributed by atoms with Crippen LogP contribution in [0, 0.1) is 6.92 Å². The summed E-state index contributed by atoms with van der Waals surface area (Å²) in [6.07, 6.45) is 0.318. The summed E-state index contributed by atoms with van der Waals surface area (Å²) in [4.78, 5) is 11.6. The Labute approximate surface area is 113 Å². The largest absolute Gasteiger partial charge is 0.466 e. The fraction of sp³-hybridized carbons (Fsp3) is 0.385. The average molecular weight is 266 g/mol. The van der Waals surface area contributed by atoms with E-state index in [9.17, 15) is 4.79 Å². The molecule has 0 aliphatic heterocycles. The number of nitrogens with two attached hydrogens (primary N) is 1. The van der Waals surface area contributed by atoms with Gasteiger partial charge in [-0.2, -0.15) is 0 Å². The van der Waals surface area contributed by atoms with E-state index in [4.69, 9.17) is 22.7 Å². The van der Waals surface area contributed by atoms with Crippen molar-refractivity contribution >= 4 is 28.9 Å². The highest BCUT2D eigenvalue weighted by Crippen LogP contribution is 2.20. The number of thiocarbonyl (C=S) groups is 1. The predicted molar refractivity (Wildman–Crippen MR) is 76.8 cm³/mol. The minimum atomic E-state index is -0.213. The highest BCUT2D eigenvalue weighted by Gasteiger charge is 2.08. The molecule has 0 unspecified atom stereocenters. The molecule has 18 heavy (non-hydrogen) atoms. The quantitative estimate of drug-likeness (QED) is 0.609. The zero-order valence-electron chi connectivity index (χ0n) is 10.7. The van der Waals surface area contributed by atoms with Crippen LogP contribution in [0.25, 0.3) is 0 Å². The summed E-state index contributed by atoms with van der Waals surface area (Å²) < 4.78 is 4.86. The SMILES string of the molecule is CCOC(=O)CCNc1c(C)cccc1C(N)=S. The van der Waals surface area contributed by atoms with Gasteiger partial charge in [0.05, 0.1) is 13.0 Å². The second-order valence-electron chi connectivity index (χ2n) is 3.84. The molecule has 3 N–H and O–H groups in total. The molecule has 0 saturated heterocycles. The van der Waals surface area contributed by atoms with Gasteiger partial charge in [0, 0.05) is 17.8 Å². The van der Waals surface area contributed by atoms with E-state index < -0.39 is 0 Å². The molecule has 0 spiro atoms. The minimum absolute atomic E-state index is 0.213.